The highest BCUT2D eigenvalue weighted by Gasteiger charge is 2.24. The molecule has 0 heterocycles. The average Bonchev–Trinajstić information content (AvgIpc) is 2.69. The average molecular weight is 378 g/mol. The van der Waals surface area contributed by atoms with Crippen LogP contribution in [0, 0.1) is 17.5 Å². The molecule has 0 atom stereocenters. The lowest BCUT2D eigenvalue weighted by Gasteiger charge is -2.29. The number of halogens is 3. The van der Waals surface area contributed by atoms with Crippen LogP contribution in [0.25, 0.3) is 0 Å². The van der Waals surface area contributed by atoms with Crippen molar-refractivity contribution in [3.8, 4) is 5.75 Å². The molecule has 1 aliphatic rings. The molecular formula is C22H25F3O2. The second kappa shape index (κ2) is 8.79. The van der Waals surface area contributed by atoms with E-state index in [1.54, 1.807) is 25.1 Å². The van der Waals surface area contributed by atoms with Crippen LogP contribution in [0.3, 0.4) is 0 Å². The number of aryl methyl sites for hydroxylation is 1. The van der Waals surface area contributed by atoms with Crippen LogP contribution < -0.4 is 4.74 Å². The van der Waals surface area contributed by atoms with Gasteiger partial charge in [0.25, 0.3) is 0 Å². The smallest absolute Gasteiger partial charge is 0.165 e. The number of hydrogen-bond donors (Lipinski definition) is 0. The second-order valence-electron chi connectivity index (χ2n) is 7.04. The van der Waals surface area contributed by atoms with Crippen LogP contribution in [-0.4, -0.2) is 13.2 Å². The third kappa shape index (κ3) is 4.46. The first kappa shape index (κ1) is 19.7. The van der Waals surface area contributed by atoms with Crippen molar-refractivity contribution in [1.82, 2.24) is 0 Å². The number of benzene rings is 2. The van der Waals surface area contributed by atoms with Crippen LogP contribution >= 0.6 is 0 Å². The quantitative estimate of drug-likeness (QED) is 0.621. The van der Waals surface area contributed by atoms with Gasteiger partial charge in [0.2, 0.25) is 0 Å². The molecule has 0 saturated heterocycles. The number of ether oxygens (including phenoxy) is 2. The van der Waals surface area contributed by atoms with Gasteiger partial charge in [-0.3, -0.25) is 0 Å². The minimum absolute atomic E-state index is 0.0117. The molecule has 146 valence electrons. The fourth-order valence-electron chi connectivity index (χ4n) is 3.72. The molecule has 0 amide bonds. The van der Waals surface area contributed by atoms with E-state index >= 15 is 0 Å². The molecule has 0 spiro atoms. The van der Waals surface area contributed by atoms with Gasteiger partial charge in [-0.25, -0.2) is 13.2 Å². The molecule has 1 saturated carbocycles. The van der Waals surface area contributed by atoms with Crippen LogP contribution in [0.2, 0.25) is 0 Å². The van der Waals surface area contributed by atoms with Crippen molar-refractivity contribution in [1.29, 1.82) is 0 Å². The van der Waals surface area contributed by atoms with Gasteiger partial charge in [-0.15, -0.1) is 0 Å². The molecule has 27 heavy (non-hydrogen) atoms. The predicted octanol–water partition coefficient (Wildman–Crippen LogP) is 5.92. The van der Waals surface area contributed by atoms with Gasteiger partial charge >= 0.3 is 0 Å². The Morgan fingerprint density at radius 3 is 2.22 bits per heavy atom. The maximum Gasteiger partial charge on any atom is 0.165 e. The van der Waals surface area contributed by atoms with Crippen LogP contribution in [0.4, 0.5) is 13.2 Å². The maximum atomic E-state index is 14.1. The van der Waals surface area contributed by atoms with Crippen molar-refractivity contribution in [2.75, 3.05) is 7.11 Å². The Hall–Kier alpha value is -2.01. The highest BCUT2D eigenvalue weighted by molar-refractivity contribution is 5.31. The van der Waals surface area contributed by atoms with E-state index in [2.05, 4.69) is 0 Å². The Morgan fingerprint density at radius 1 is 0.926 bits per heavy atom. The lowest BCUT2D eigenvalue weighted by molar-refractivity contribution is 0.0118. The maximum absolute atomic E-state index is 14.1. The van der Waals surface area contributed by atoms with Gasteiger partial charge < -0.3 is 9.47 Å². The summed E-state index contributed by atoms with van der Waals surface area (Å²) in [5.74, 6) is -1.40. The zero-order chi connectivity index (χ0) is 19.4. The number of methoxy groups -OCH3 is 1. The largest absolute Gasteiger partial charge is 0.494 e. The topological polar surface area (TPSA) is 18.5 Å². The van der Waals surface area contributed by atoms with Crippen molar-refractivity contribution >= 4 is 0 Å². The van der Waals surface area contributed by atoms with Gasteiger partial charge in [-0.1, -0.05) is 25.1 Å². The molecule has 0 aliphatic heterocycles. The molecule has 0 unspecified atom stereocenters. The van der Waals surface area contributed by atoms with Crippen LogP contribution in [0.15, 0.2) is 30.3 Å². The summed E-state index contributed by atoms with van der Waals surface area (Å²) in [6.07, 6.45) is 3.85. The monoisotopic (exact) mass is 378 g/mol. The van der Waals surface area contributed by atoms with Crippen molar-refractivity contribution in [2.24, 2.45) is 0 Å². The molecule has 3 rings (SSSR count). The summed E-state index contributed by atoms with van der Waals surface area (Å²) in [7, 11) is 1.45. The van der Waals surface area contributed by atoms with Crippen LogP contribution in [0.1, 0.15) is 55.2 Å². The molecule has 5 heteroatoms. The summed E-state index contributed by atoms with van der Waals surface area (Å²) in [6.45, 7) is 1.86. The van der Waals surface area contributed by atoms with E-state index < -0.39 is 11.6 Å². The zero-order valence-electron chi connectivity index (χ0n) is 15.7. The molecule has 1 aliphatic carbocycles. The fraction of sp³-hybridized carbons (Fsp3) is 0.455. The highest BCUT2D eigenvalue weighted by atomic mass is 19.2. The minimum atomic E-state index is -0.809. The molecule has 2 aromatic rings. The third-order valence-electron chi connectivity index (χ3n) is 5.42. The molecular weight excluding hydrogens is 353 g/mol. The molecule has 0 radical (unpaired) electrons. The van der Waals surface area contributed by atoms with Crippen molar-refractivity contribution < 1.29 is 22.6 Å². The van der Waals surface area contributed by atoms with Gasteiger partial charge in [-0.2, -0.15) is 0 Å². The summed E-state index contributed by atoms with van der Waals surface area (Å²) in [4.78, 5) is 0. The van der Waals surface area contributed by atoms with Crippen molar-refractivity contribution in [3.63, 3.8) is 0 Å². The van der Waals surface area contributed by atoms with E-state index in [1.807, 2.05) is 6.07 Å². The summed E-state index contributed by atoms with van der Waals surface area (Å²) in [5, 5.41) is 0. The Morgan fingerprint density at radius 2 is 1.59 bits per heavy atom. The highest BCUT2D eigenvalue weighted by Crippen LogP contribution is 2.35. The number of hydrogen-bond acceptors (Lipinski definition) is 2. The van der Waals surface area contributed by atoms with Gasteiger partial charge in [0.05, 0.1) is 19.8 Å². The number of rotatable bonds is 6. The first-order valence-electron chi connectivity index (χ1n) is 9.44. The van der Waals surface area contributed by atoms with Gasteiger partial charge in [-0.05, 0) is 61.3 Å². The SMILES string of the molecule is CCc1ccc(COC2CCC(c3ccc(OC)c(F)c3)CC2)c(F)c1F. The van der Waals surface area contributed by atoms with Gasteiger partial charge in [0.15, 0.2) is 23.2 Å². The first-order valence-corrected chi connectivity index (χ1v) is 9.44. The van der Waals surface area contributed by atoms with E-state index in [1.165, 1.54) is 13.2 Å². The Bertz CT molecular complexity index is 783. The Balaban J connectivity index is 1.54. The lowest BCUT2D eigenvalue weighted by atomic mass is 9.82. The minimum Gasteiger partial charge on any atom is -0.494 e. The molecule has 2 nitrogen and oxygen atoms in total. The van der Waals surface area contributed by atoms with E-state index in [9.17, 15) is 13.2 Å². The van der Waals surface area contributed by atoms with E-state index in [0.717, 1.165) is 31.2 Å². The van der Waals surface area contributed by atoms with Crippen LogP contribution in [-0.2, 0) is 17.8 Å². The molecule has 2 aromatic carbocycles. The second-order valence-corrected chi connectivity index (χ2v) is 7.04. The molecule has 0 aromatic heterocycles. The fourth-order valence-corrected chi connectivity index (χ4v) is 3.72. The first-order chi connectivity index (χ1) is 13.0. The van der Waals surface area contributed by atoms with E-state index in [-0.39, 0.29) is 35.8 Å². The van der Waals surface area contributed by atoms with E-state index in [0.29, 0.717) is 12.0 Å². The Labute approximate surface area is 158 Å². The summed E-state index contributed by atoms with van der Waals surface area (Å²) < 4.78 is 52.6. The lowest BCUT2D eigenvalue weighted by Crippen LogP contribution is -2.21. The van der Waals surface area contributed by atoms with Crippen molar-refractivity contribution in [3.05, 3.63) is 64.5 Å². The zero-order valence-corrected chi connectivity index (χ0v) is 15.7. The third-order valence-corrected chi connectivity index (χ3v) is 5.42. The Kier molecular flexibility index (Phi) is 6.42. The summed E-state index contributed by atoms with van der Waals surface area (Å²) in [5.41, 5.74) is 1.60. The van der Waals surface area contributed by atoms with E-state index in [4.69, 9.17) is 9.47 Å². The van der Waals surface area contributed by atoms with Crippen LogP contribution in [0.5, 0.6) is 5.75 Å². The van der Waals surface area contributed by atoms with Gasteiger partial charge in [0, 0.05) is 5.56 Å². The standard InChI is InChI=1S/C22H25F3O2/c1-3-14-4-5-17(22(25)21(14)24)13-27-18-9-6-15(7-10-18)16-8-11-20(26-2)19(23)12-16/h4-5,8,11-12,15,18H,3,6-7,9-10,13H2,1-2H3. The summed E-state index contributed by atoms with van der Waals surface area (Å²) >= 11 is 0. The van der Waals surface area contributed by atoms with Gasteiger partial charge in [0.1, 0.15) is 0 Å². The normalized spacial score (nSPS) is 19.9. The molecule has 0 N–H and O–H groups in total. The molecule has 1 fully saturated rings. The summed E-state index contributed by atoms with van der Waals surface area (Å²) in [6, 6.07) is 8.32. The van der Waals surface area contributed by atoms with Crippen molar-refractivity contribution in [2.45, 2.75) is 57.7 Å². The molecule has 0 bridgehead atoms. The predicted molar refractivity (Wildman–Crippen MR) is 98.5 cm³/mol.